The lowest BCUT2D eigenvalue weighted by Crippen LogP contribution is -2.12. The molecular weight excluding hydrogens is 222 g/mol. The molecule has 0 aliphatic rings. The Morgan fingerprint density at radius 3 is 2.53 bits per heavy atom. The number of esters is 2. The molecule has 1 aromatic carbocycles. The number of para-hydroxylation sites is 1. The van der Waals surface area contributed by atoms with Crippen LogP contribution < -0.4 is 5.32 Å². The van der Waals surface area contributed by atoms with Gasteiger partial charge < -0.3 is 14.8 Å². The summed E-state index contributed by atoms with van der Waals surface area (Å²) in [6, 6.07) is 6.96. The van der Waals surface area contributed by atoms with E-state index in [1.165, 1.54) is 14.2 Å². The molecule has 0 spiro atoms. The van der Waals surface area contributed by atoms with Crippen LogP contribution in [0.5, 0.6) is 0 Å². The Balaban J connectivity index is 2.64. The lowest BCUT2D eigenvalue weighted by atomic mass is 10.2. The van der Waals surface area contributed by atoms with Gasteiger partial charge in [0.05, 0.1) is 26.2 Å². The monoisotopic (exact) mass is 237 g/mol. The van der Waals surface area contributed by atoms with Gasteiger partial charge >= 0.3 is 11.9 Å². The molecule has 0 fully saturated rings. The van der Waals surface area contributed by atoms with Crippen molar-refractivity contribution >= 4 is 17.6 Å². The molecule has 1 N–H and O–H groups in total. The van der Waals surface area contributed by atoms with Gasteiger partial charge in [-0.2, -0.15) is 0 Å². The first-order valence-electron chi connectivity index (χ1n) is 5.17. The summed E-state index contributed by atoms with van der Waals surface area (Å²) in [6.45, 7) is 0.403. The Bertz CT molecular complexity index is 403. The Morgan fingerprint density at radius 1 is 1.18 bits per heavy atom. The van der Waals surface area contributed by atoms with Crippen molar-refractivity contribution in [3.05, 3.63) is 29.8 Å². The lowest BCUT2D eigenvalue weighted by molar-refractivity contribution is -0.140. The van der Waals surface area contributed by atoms with Gasteiger partial charge in [-0.25, -0.2) is 4.79 Å². The topological polar surface area (TPSA) is 64.6 Å². The second kappa shape index (κ2) is 6.52. The molecule has 0 saturated heterocycles. The Morgan fingerprint density at radius 2 is 1.88 bits per heavy atom. The molecule has 17 heavy (non-hydrogen) atoms. The summed E-state index contributed by atoms with van der Waals surface area (Å²) in [5, 5.41) is 2.99. The summed E-state index contributed by atoms with van der Waals surface area (Å²) < 4.78 is 9.17. The molecule has 5 heteroatoms. The van der Waals surface area contributed by atoms with Crippen molar-refractivity contribution in [3.8, 4) is 0 Å². The number of carbonyl (C=O) groups is 2. The highest BCUT2D eigenvalue weighted by Gasteiger charge is 2.10. The van der Waals surface area contributed by atoms with Crippen LogP contribution in [-0.2, 0) is 14.3 Å². The van der Waals surface area contributed by atoms with Crippen molar-refractivity contribution in [1.82, 2.24) is 0 Å². The van der Waals surface area contributed by atoms with E-state index < -0.39 is 5.97 Å². The predicted molar refractivity (Wildman–Crippen MR) is 62.9 cm³/mol. The van der Waals surface area contributed by atoms with Crippen molar-refractivity contribution in [1.29, 1.82) is 0 Å². The van der Waals surface area contributed by atoms with Gasteiger partial charge in [-0.1, -0.05) is 12.1 Å². The van der Waals surface area contributed by atoms with Gasteiger partial charge in [-0.15, -0.1) is 0 Å². The molecule has 0 aliphatic carbocycles. The van der Waals surface area contributed by atoms with Crippen molar-refractivity contribution in [2.45, 2.75) is 6.42 Å². The second-order valence-corrected chi connectivity index (χ2v) is 3.29. The van der Waals surface area contributed by atoms with Gasteiger partial charge in [0, 0.05) is 12.2 Å². The van der Waals surface area contributed by atoms with E-state index in [1.54, 1.807) is 24.3 Å². The Hall–Kier alpha value is -2.04. The second-order valence-electron chi connectivity index (χ2n) is 3.29. The fourth-order valence-electron chi connectivity index (χ4n) is 1.33. The van der Waals surface area contributed by atoms with E-state index in [4.69, 9.17) is 0 Å². The van der Waals surface area contributed by atoms with Gasteiger partial charge in [0.2, 0.25) is 0 Å². The maximum absolute atomic E-state index is 11.4. The number of ether oxygens (including phenoxy) is 2. The maximum Gasteiger partial charge on any atom is 0.339 e. The summed E-state index contributed by atoms with van der Waals surface area (Å²) in [5.41, 5.74) is 1.09. The number of carbonyl (C=O) groups excluding carboxylic acids is 2. The van der Waals surface area contributed by atoms with Crippen molar-refractivity contribution in [2.24, 2.45) is 0 Å². The number of hydrogen-bond donors (Lipinski definition) is 1. The van der Waals surface area contributed by atoms with Crippen LogP contribution in [0.2, 0.25) is 0 Å². The average Bonchev–Trinajstić information content (AvgIpc) is 2.38. The van der Waals surface area contributed by atoms with E-state index in [-0.39, 0.29) is 12.4 Å². The highest BCUT2D eigenvalue weighted by Crippen LogP contribution is 2.15. The minimum Gasteiger partial charge on any atom is -0.469 e. The van der Waals surface area contributed by atoms with Crippen LogP contribution >= 0.6 is 0 Å². The highest BCUT2D eigenvalue weighted by atomic mass is 16.5. The van der Waals surface area contributed by atoms with E-state index in [0.29, 0.717) is 17.8 Å². The minimum absolute atomic E-state index is 0.242. The molecule has 1 rings (SSSR count). The molecule has 0 unspecified atom stereocenters. The quantitative estimate of drug-likeness (QED) is 0.785. The van der Waals surface area contributed by atoms with E-state index in [1.807, 2.05) is 0 Å². The minimum atomic E-state index is -0.411. The van der Waals surface area contributed by atoms with Crippen molar-refractivity contribution in [2.75, 3.05) is 26.1 Å². The lowest BCUT2D eigenvalue weighted by Gasteiger charge is -2.09. The van der Waals surface area contributed by atoms with Crippen LogP contribution in [0.1, 0.15) is 16.8 Å². The Kier molecular flexibility index (Phi) is 5.00. The molecule has 0 aromatic heterocycles. The van der Waals surface area contributed by atoms with Crippen molar-refractivity contribution in [3.63, 3.8) is 0 Å². The van der Waals surface area contributed by atoms with Gasteiger partial charge in [0.1, 0.15) is 0 Å². The molecule has 92 valence electrons. The van der Waals surface area contributed by atoms with Crippen LogP contribution in [-0.4, -0.2) is 32.7 Å². The normalized spacial score (nSPS) is 9.53. The SMILES string of the molecule is COC(=O)CCNc1ccccc1C(=O)OC. The third kappa shape index (κ3) is 3.79. The van der Waals surface area contributed by atoms with E-state index >= 15 is 0 Å². The molecule has 0 amide bonds. The first-order valence-corrected chi connectivity index (χ1v) is 5.17. The summed E-state index contributed by atoms with van der Waals surface area (Å²) in [5.74, 6) is -0.709. The summed E-state index contributed by atoms with van der Waals surface area (Å²) in [4.78, 5) is 22.4. The van der Waals surface area contributed by atoms with Crippen LogP contribution in [0, 0.1) is 0 Å². The van der Waals surface area contributed by atoms with Gasteiger partial charge in [0.15, 0.2) is 0 Å². The molecule has 0 atom stereocenters. The summed E-state index contributed by atoms with van der Waals surface area (Å²) >= 11 is 0. The number of hydrogen-bond acceptors (Lipinski definition) is 5. The first kappa shape index (κ1) is 13.0. The highest BCUT2D eigenvalue weighted by molar-refractivity contribution is 5.95. The molecule has 5 nitrogen and oxygen atoms in total. The maximum atomic E-state index is 11.4. The van der Waals surface area contributed by atoms with Gasteiger partial charge in [-0.3, -0.25) is 4.79 Å². The van der Waals surface area contributed by atoms with E-state index in [0.717, 1.165) is 0 Å². The zero-order valence-electron chi connectivity index (χ0n) is 9.86. The predicted octanol–water partition coefficient (Wildman–Crippen LogP) is 1.45. The summed E-state index contributed by atoms with van der Waals surface area (Å²) in [6.07, 6.45) is 0.242. The van der Waals surface area contributed by atoms with Gasteiger partial charge in [-0.05, 0) is 12.1 Å². The van der Waals surface area contributed by atoms with E-state index in [9.17, 15) is 9.59 Å². The van der Waals surface area contributed by atoms with Crippen LogP contribution in [0.15, 0.2) is 24.3 Å². The van der Waals surface area contributed by atoms with Crippen LogP contribution in [0.3, 0.4) is 0 Å². The fourth-order valence-corrected chi connectivity index (χ4v) is 1.33. The third-order valence-electron chi connectivity index (χ3n) is 2.20. The molecule has 0 saturated carbocycles. The summed E-state index contributed by atoms with van der Waals surface area (Å²) in [7, 11) is 2.66. The number of benzene rings is 1. The molecular formula is C12H15NO4. The molecule has 0 heterocycles. The number of nitrogens with one attached hydrogen (secondary N) is 1. The zero-order valence-corrected chi connectivity index (χ0v) is 9.86. The van der Waals surface area contributed by atoms with Crippen LogP contribution in [0.4, 0.5) is 5.69 Å². The zero-order chi connectivity index (χ0) is 12.7. The molecule has 1 aromatic rings. The molecule has 0 bridgehead atoms. The molecule has 0 aliphatic heterocycles. The molecule has 0 radical (unpaired) electrons. The largest absolute Gasteiger partial charge is 0.469 e. The van der Waals surface area contributed by atoms with Crippen LogP contribution in [0.25, 0.3) is 0 Å². The van der Waals surface area contributed by atoms with Gasteiger partial charge in [0.25, 0.3) is 0 Å². The van der Waals surface area contributed by atoms with Crippen molar-refractivity contribution < 1.29 is 19.1 Å². The Labute approximate surface area is 99.7 Å². The number of methoxy groups -OCH3 is 2. The number of anilines is 1. The standard InChI is InChI=1S/C12H15NO4/c1-16-11(14)7-8-13-10-6-4-3-5-9(10)12(15)17-2/h3-6,13H,7-8H2,1-2H3. The number of rotatable bonds is 5. The first-order chi connectivity index (χ1) is 8.19. The average molecular weight is 237 g/mol. The smallest absolute Gasteiger partial charge is 0.339 e. The fraction of sp³-hybridized carbons (Fsp3) is 0.333. The third-order valence-corrected chi connectivity index (χ3v) is 2.20. The van der Waals surface area contributed by atoms with E-state index in [2.05, 4.69) is 14.8 Å².